The standard InChI is InChI=1S/C20H39N3O4S/c1-4-6-8-10-12-14-16-21-19(25)23(18-24,28(3)27)20(26)22-17-15-13-11-9-7-5-2/h18H,4-17H2,1-3H3,(H-,21,22,25,26)/p+1. The summed E-state index contributed by atoms with van der Waals surface area (Å²) in [5.74, 6) is 0. The van der Waals surface area contributed by atoms with Crippen LogP contribution < -0.4 is 10.6 Å². The van der Waals surface area contributed by atoms with Gasteiger partial charge in [0.25, 0.3) is 0 Å². The summed E-state index contributed by atoms with van der Waals surface area (Å²) >= 11 is 0. The molecule has 1 atom stereocenters. The lowest BCUT2D eigenvalue weighted by atomic mass is 10.1. The van der Waals surface area contributed by atoms with E-state index >= 15 is 0 Å². The van der Waals surface area contributed by atoms with E-state index < -0.39 is 26.9 Å². The molecule has 5 amide bonds. The minimum atomic E-state index is -2.00. The molecule has 0 heterocycles. The first kappa shape index (κ1) is 26.7. The van der Waals surface area contributed by atoms with Gasteiger partial charge in [-0.3, -0.25) is 0 Å². The van der Waals surface area contributed by atoms with Crippen LogP contribution in [0, 0.1) is 0 Å². The number of unbranched alkanes of at least 4 members (excludes halogenated alkanes) is 10. The van der Waals surface area contributed by atoms with Crippen molar-refractivity contribution < 1.29 is 22.5 Å². The smallest absolute Gasteiger partial charge is 0.304 e. The summed E-state index contributed by atoms with van der Waals surface area (Å²) < 4.78 is 10.8. The Morgan fingerprint density at radius 3 is 1.43 bits per heavy atom. The van der Waals surface area contributed by atoms with Crippen LogP contribution in [0.2, 0.25) is 0 Å². The Morgan fingerprint density at radius 2 is 1.11 bits per heavy atom. The molecule has 28 heavy (non-hydrogen) atoms. The average Bonchev–Trinajstić information content (AvgIpc) is 2.67. The van der Waals surface area contributed by atoms with E-state index in [-0.39, 0.29) is 6.41 Å². The summed E-state index contributed by atoms with van der Waals surface area (Å²) in [6.07, 6.45) is 14.1. The molecule has 0 aromatic rings. The number of urea groups is 2. The van der Waals surface area contributed by atoms with Gasteiger partial charge in [-0.15, -0.1) is 0 Å². The zero-order chi connectivity index (χ0) is 21.3. The van der Waals surface area contributed by atoms with Crippen molar-refractivity contribution in [3.05, 3.63) is 0 Å². The predicted octanol–water partition coefficient (Wildman–Crippen LogP) is 4.39. The molecule has 164 valence electrons. The molecule has 0 saturated heterocycles. The zero-order valence-corrected chi connectivity index (χ0v) is 18.8. The fourth-order valence-electron chi connectivity index (χ4n) is 2.92. The van der Waals surface area contributed by atoms with Crippen LogP contribution in [0.5, 0.6) is 0 Å². The summed E-state index contributed by atoms with van der Waals surface area (Å²) in [5.41, 5.74) is 0. The fraction of sp³-hybridized carbons (Fsp3) is 0.850. The van der Waals surface area contributed by atoms with Crippen molar-refractivity contribution in [2.24, 2.45) is 0 Å². The molecule has 2 N–H and O–H groups in total. The topological polar surface area (TPSA) is 92.3 Å². The number of imide groups is 3. The number of nitrogens with zero attached hydrogens (tertiary/aromatic N) is 1. The van der Waals surface area contributed by atoms with Gasteiger partial charge in [0.05, 0.1) is 6.26 Å². The maximum atomic E-state index is 12.5. The summed E-state index contributed by atoms with van der Waals surface area (Å²) in [4.78, 5) is 36.6. The number of rotatable bonds is 16. The molecule has 0 aromatic heterocycles. The van der Waals surface area contributed by atoms with Crippen LogP contribution in [-0.2, 0) is 15.8 Å². The first-order valence-corrected chi connectivity index (χ1v) is 12.2. The van der Waals surface area contributed by atoms with E-state index in [2.05, 4.69) is 24.5 Å². The van der Waals surface area contributed by atoms with Crippen molar-refractivity contribution in [1.29, 1.82) is 0 Å². The second kappa shape index (κ2) is 16.7. The molecule has 0 bridgehead atoms. The van der Waals surface area contributed by atoms with Crippen LogP contribution in [0.1, 0.15) is 90.9 Å². The van der Waals surface area contributed by atoms with Crippen molar-refractivity contribution in [1.82, 2.24) is 10.6 Å². The van der Waals surface area contributed by atoms with Crippen molar-refractivity contribution in [2.45, 2.75) is 90.9 Å². The summed E-state index contributed by atoms with van der Waals surface area (Å²) in [6.45, 7) is 5.03. The molecule has 0 radical (unpaired) electrons. The van der Waals surface area contributed by atoms with E-state index in [4.69, 9.17) is 0 Å². The summed E-state index contributed by atoms with van der Waals surface area (Å²) in [7, 11) is -2.00. The van der Waals surface area contributed by atoms with Crippen molar-refractivity contribution in [3.63, 3.8) is 0 Å². The third kappa shape index (κ3) is 9.78. The van der Waals surface area contributed by atoms with Gasteiger partial charge in [0.1, 0.15) is 0 Å². The van der Waals surface area contributed by atoms with Gasteiger partial charge in [-0.2, -0.15) is 4.21 Å². The molecule has 0 rings (SSSR count). The number of quaternary nitrogens is 1. The Hall–Kier alpha value is -1.28. The van der Waals surface area contributed by atoms with Crippen LogP contribution in [0.3, 0.4) is 0 Å². The number of hydrogen-bond donors (Lipinski definition) is 2. The van der Waals surface area contributed by atoms with Gasteiger partial charge in [0.2, 0.25) is 11.0 Å². The largest absolute Gasteiger partial charge is 0.446 e. The Bertz CT molecular complexity index is 456. The van der Waals surface area contributed by atoms with Crippen LogP contribution >= 0.6 is 0 Å². The fourth-order valence-corrected chi connectivity index (χ4v) is 3.64. The normalized spacial score (nSPS) is 12.4. The third-order valence-corrected chi connectivity index (χ3v) is 6.00. The molecule has 0 aromatic carbocycles. The quantitative estimate of drug-likeness (QED) is 0.221. The molecule has 0 aliphatic heterocycles. The highest BCUT2D eigenvalue weighted by Gasteiger charge is 2.50. The second-order valence-electron chi connectivity index (χ2n) is 7.19. The van der Waals surface area contributed by atoms with Gasteiger partial charge >= 0.3 is 18.5 Å². The summed E-state index contributed by atoms with van der Waals surface area (Å²) in [6, 6.07) is -1.66. The van der Waals surface area contributed by atoms with Crippen LogP contribution in [0.25, 0.3) is 0 Å². The van der Waals surface area contributed by atoms with Gasteiger partial charge in [-0.1, -0.05) is 78.1 Å². The Kier molecular flexibility index (Phi) is 15.9. The molecule has 0 saturated carbocycles. The zero-order valence-electron chi connectivity index (χ0n) is 18.0. The van der Waals surface area contributed by atoms with E-state index in [9.17, 15) is 18.6 Å². The molecule has 0 aliphatic carbocycles. The maximum absolute atomic E-state index is 12.5. The molecule has 0 spiro atoms. The van der Waals surface area contributed by atoms with Crippen LogP contribution in [0.4, 0.5) is 9.59 Å². The number of nitrogens with one attached hydrogen (secondary N) is 2. The number of carbonyl (C=O) groups is 3. The lowest BCUT2D eigenvalue weighted by molar-refractivity contribution is -0.531. The molecular weight excluding hydrogens is 378 g/mol. The number of amides is 5. The molecule has 0 aliphatic rings. The van der Waals surface area contributed by atoms with E-state index in [0.29, 0.717) is 13.1 Å². The van der Waals surface area contributed by atoms with Crippen molar-refractivity contribution in [3.8, 4) is 0 Å². The Labute approximate surface area is 173 Å². The number of hydrogen-bond acceptors (Lipinski definition) is 4. The maximum Gasteiger partial charge on any atom is 0.446 e. The second-order valence-corrected chi connectivity index (χ2v) is 8.61. The van der Waals surface area contributed by atoms with Gasteiger partial charge in [-0.25, -0.2) is 14.4 Å². The minimum absolute atomic E-state index is 0.170. The number of carbonyl (C=O) groups excluding carboxylic acids is 3. The SMILES string of the molecule is CCCCCCCCNC(=O)[N+](C=O)(C(=O)NCCCCCCCC)S(C)=O. The molecule has 0 fully saturated rings. The molecule has 7 nitrogen and oxygen atoms in total. The van der Waals surface area contributed by atoms with Gasteiger partial charge in [-0.05, 0) is 16.7 Å². The average molecular weight is 419 g/mol. The van der Waals surface area contributed by atoms with E-state index in [1.165, 1.54) is 44.8 Å². The predicted molar refractivity (Wildman–Crippen MR) is 114 cm³/mol. The molecule has 1 unspecified atom stereocenters. The third-order valence-electron chi connectivity index (χ3n) is 4.77. The first-order chi connectivity index (χ1) is 13.5. The van der Waals surface area contributed by atoms with Crippen molar-refractivity contribution >= 4 is 29.5 Å². The van der Waals surface area contributed by atoms with Crippen molar-refractivity contribution in [2.75, 3.05) is 19.3 Å². The van der Waals surface area contributed by atoms with Crippen LogP contribution in [-0.4, -0.2) is 45.9 Å². The monoisotopic (exact) mass is 418 g/mol. The van der Waals surface area contributed by atoms with E-state index in [1.807, 2.05) is 0 Å². The van der Waals surface area contributed by atoms with Gasteiger partial charge in [0.15, 0.2) is 0 Å². The highest BCUT2D eigenvalue weighted by atomic mass is 32.2. The van der Waals surface area contributed by atoms with E-state index in [1.54, 1.807) is 0 Å². The van der Waals surface area contributed by atoms with E-state index in [0.717, 1.165) is 38.5 Å². The highest BCUT2D eigenvalue weighted by molar-refractivity contribution is 7.79. The highest BCUT2D eigenvalue weighted by Crippen LogP contribution is 2.11. The summed E-state index contributed by atoms with van der Waals surface area (Å²) in [5, 5.41) is 5.20. The first-order valence-electron chi connectivity index (χ1n) is 10.7. The molecule has 8 heteroatoms. The molecular formula is C20H40N3O4S+. The lowest BCUT2D eigenvalue weighted by Crippen LogP contribution is -2.64. The van der Waals surface area contributed by atoms with Gasteiger partial charge < -0.3 is 10.6 Å². The van der Waals surface area contributed by atoms with Crippen LogP contribution in [0.15, 0.2) is 0 Å². The Balaban J connectivity index is 4.46. The Morgan fingerprint density at radius 1 is 0.750 bits per heavy atom. The minimum Gasteiger partial charge on any atom is -0.304 e. The lowest BCUT2D eigenvalue weighted by Gasteiger charge is -2.22. The van der Waals surface area contributed by atoms with Gasteiger partial charge in [0, 0.05) is 13.1 Å².